The average molecular weight is 419 g/mol. The normalized spacial score (nSPS) is 14.8. The van der Waals surface area contributed by atoms with E-state index in [1.165, 1.54) is 35.0 Å². The van der Waals surface area contributed by atoms with Crippen molar-refractivity contribution in [2.75, 3.05) is 5.75 Å². The first-order valence-corrected chi connectivity index (χ1v) is 11.5. The summed E-state index contributed by atoms with van der Waals surface area (Å²) in [6.07, 6.45) is 3.96. The van der Waals surface area contributed by atoms with Crippen LogP contribution in [-0.2, 0) is 19.9 Å². The average Bonchev–Trinajstić information content (AvgIpc) is 3.30. The second kappa shape index (κ2) is 7.93. The quantitative estimate of drug-likeness (QED) is 0.468. The molecule has 2 aromatic carbocycles. The van der Waals surface area contributed by atoms with E-state index in [-0.39, 0.29) is 0 Å². The van der Waals surface area contributed by atoms with E-state index in [0.717, 1.165) is 34.9 Å². The van der Waals surface area contributed by atoms with Gasteiger partial charge in [0.1, 0.15) is 6.23 Å². The number of benzene rings is 2. The number of aliphatic hydroxyl groups excluding tert-OH is 1. The summed E-state index contributed by atoms with van der Waals surface area (Å²) in [6, 6.07) is 16.8. The minimum absolute atomic E-state index is 0.533. The van der Waals surface area contributed by atoms with E-state index in [1.54, 1.807) is 11.8 Å². The molecule has 0 saturated heterocycles. The zero-order valence-corrected chi connectivity index (χ0v) is 18.2. The fourth-order valence-corrected chi connectivity index (χ4v) is 5.31. The van der Waals surface area contributed by atoms with Crippen LogP contribution in [0.1, 0.15) is 35.9 Å². The van der Waals surface area contributed by atoms with Crippen LogP contribution in [0.5, 0.6) is 0 Å². The van der Waals surface area contributed by atoms with Crippen molar-refractivity contribution in [2.45, 2.75) is 44.0 Å². The topological polar surface area (TPSA) is 55.9 Å². The summed E-state index contributed by atoms with van der Waals surface area (Å²) in [5.41, 5.74) is 6.13. The number of hydrogen-bond acceptors (Lipinski definition) is 4. The Morgan fingerprint density at radius 3 is 2.63 bits per heavy atom. The van der Waals surface area contributed by atoms with Gasteiger partial charge in [0.25, 0.3) is 0 Å². The highest BCUT2D eigenvalue weighted by Gasteiger charge is 2.24. The van der Waals surface area contributed by atoms with Crippen LogP contribution in [0.25, 0.3) is 22.3 Å². The summed E-state index contributed by atoms with van der Waals surface area (Å²) < 4.78 is 4.15. The maximum Gasteiger partial charge on any atom is 0.191 e. The number of fused-ring (bicyclic) bond motifs is 3. The molecule has 0 radical (unpaired) electrons. The molecule has 0 fully saturated rings. The van der Waals surface area contributed by atoms with E-state index in [0.29, 0.717) is 5.75 Å². The summed E-state index contributed by atoms with van der Waals surface area (Å²) in [5, 5.41) is 22.0. The zero-order chi connectivity index (χ0) is 20.7. The van der Waals surface area contributed by atoms with Gasteiger partial charge in [-0.25, -0.2) is 0 Å². The molecule has 0 spiro atoms. The molecular weight excluding hydrogens is 392 g/mol. The molecule has 6 heteroatoms. The molecule has 4 aromatic rings. The van der Waals surface area contributed by atoms with Crippen molar-refractivity contribution in [2.24, 2.45) is 7.05 Å². The molecule has 2 aromatic heterocycles. The molecule has 154 valence electrons. The number of thioether (sulfide) groups is 1. The van der Waals surface area contributed by atoms with Crippen LogP contribution >= 0.6 is 11.8 Å². The summed E-state index contributed by atoms with van der Waals surface area (Å²) in [7, 11) is 1.98. The molecule has 1 aliphatic rings. The van der Waals surface area contributed by atoms with Crippen molar-refractivity contribution in [1.29, 1.82) is 0 Å². The molecule has 2 heterocycles. The van der Waals surface area contributed by atoms with Crippen molar-refractivity contribution in [3.05, 3.63) is 65.4 Å². The summed E-state index contributed by atoms with van der Waals surface area (Å²) >= 11 is 1.55. The molecule has 0 saturated carbocycles. The van der Waals surface area contributed by atoms with Gasteiger partial charge < -0.3 is 14.2 Å². The lowest BCUT2D eigenvalue weighted by Gasteiger charge is -2.20. The molecule has 30 heavy (non-hydrogen) atoms. The number of para-hydroxylation sites is 1. The molecule has 1 N–H and O–H groups in total. The molecule has 1 unspecified atom stereocenters. The molecule has 0 bridgehead atoms. The standard InChI is InChI=1S/C24H26N4OS/c1-16-11-13-17(14-12-16)23-25-26-24(27(23)2)30-15-22(29)28-20-9-5-3-7-18(20)19-8-4-6-10-21(19)28/h3,5,7,9,11-14,22,29H,4,6,8,10,15H2,1-2H3. The maximum atomic E-state index is 11.2. The summed E-state index contributed by atoms with van der Waals surface area (Å²) in [4.78, 5) is 0. The third kappa shape index (κ3) is 3.34. The lowest BCUT2D eigenvalue weighted by atomic mass is 9.95. The van der Waals surface area contributed by atoms with Gasteiger partial charge in [-0.15, -0.1) is 10.2 Å². The summed E-state index contributed by atoms with van der Waals surface area (Å²) in [6.45, 7) is 2.08. The van der Waals surface area contributed by atoms with Gasteiger partial charge in [-0.3, -0.25) is 0 Å². The highest BCUT2D eigenvalue weighted by atomic mass is 32.2. The zero-order valence-electron chi connectivity index (χ0n) is 17.4. The van der Waals surface area contributed by atoms with Crippen molar-refractivity contribution >= 4 is 22.7 Å². The highest BCUT2D eigenvalue weighted by molar-refractivity contribution is 7.99. The number of aromatic nitrogens is 4. The number of aryl methyl sites for hydroxylation is 2. The first-order chi connectivity index (χ1) is 14.6. The number of nitrogens with zero attached hydrogens (tertiary/aromatic N) is 4. The predicted molar refractivity (Wildman–Crippen MR) is 122 cm³/mol. The Hall–Kier alpha value is -2.57. The smallest absolute Gasteiger partial charge is 0.191 e. The van der Waals surface area contributed by atoms with E-state index in [2.05, 4.69) is 70.2 Å². The molecule has 1 aliphatic carbocycles. The van der Waals surface area contributed by atoms with Crippen molar-refractivity contribution < 1.29 is 5.11 Å². The van der Waals surface area contributed by atoms with Crippen molar-refractivity contribution in [3.63, 3.8) is 0 Å². The minimum Gasteiger partial charge on any atom is -0.372 e. The van der Waals surface area contributed by atoms with Gasteiger partial charge in [0.15, 0.2) is 11.0 Å². The molecule has 0 aliphatic heterocycles. The lowest BCUT2D eigenvalue weighted by Crippen LogP contribution is -2.16. The maximum absolute atomic E-state index is 11.2. The van der Waals surface area contributed by atoms with Gasteiger partial charge >= 0.3 is 0 Å². The second-order valence-electron chi connectivity index (χ2n) is 8.04. The van der Waals surface area contributed by atoms with Gasteiger partial charge in [0, 0.05) is 29.4 Å². The third-order valence-electron chi connectivity index (χ3n) is 6.02. The largest absolute Gasteiger partial charge is 0.372 e. The lowest BCUT2D eigenvalue weighted by molar-refractivity contribution is 0.130. The van der Waals surface area contributed by atoms with E-state index in [4.69, 9.17) is 0 Å². The molecule has 5 rings (SSSR count). The van der Waals surface area contributed by atoms with Crippen LogP contribution in [0.15, 0.2) is 53.7 Å². The van der Waals surface area contributed by atoms with Gasteiger partial charge in [0.05, 0.1) is 5.52 Å². The second-order valence-corrected chi connectivity index (χ2v) is 9.03. The fraction of sp³-hybridized carbons (Fsp3) is 0.333. The highest BCUT2D eigenvalue weighted by Crippen LogP contribution is 2.35. The van der Waals surface area contributed by atoms with Gasteiger partial charge in [0.2, 0.25) is 0 Å². The first kappa shape index (κ1) is 19.4. The van der Waals surface area contributed by atoms with Crippen LogP contribution in [0, 0.1) is 6.92 Å². The van der Waals surface area contributed by atoms with Crippen LogP contribution < -0.4 is 0 Å². The Balaban J connectivity index is 1.40. The minimum atomic E-state index is -0.596. The third-order valence-corrected chi connectivity index (χ3v) is 7.10. The molecule has 5 nitrogen and oxygen atoms in total. The van der Waals surface area contributed by atoms with E-state index in [9.17, 15) is 5.11 Å². The molecule has 0 amide bonds. The summed E-state index contributed by atoms with van der Waals surface area (Å²) in [5.74, 6) is 1.38. The van der Waals surface area contributed by atoms with E-state index in [1.807, 2.05) is 11.6 Å². The monoisotopic (exact) mass is 418 g/mol. The van der Waals surface area contributed by atoms with Crippen molar-refractivity contribution in [1.82, 2.24) is 19.3 Å². The number of rotatable bonds is 5. The Kier molecular flexibility index (Phi) is 5.13. The van der Waals surface area contributed by atoms with Crippen LogP contribution in [0.2, 0.25) is 0 Å². The fourth-order valence-electron chi connectivity index (χ4n) is 4.49. The first-order valence-electron chi connectivity index (χ1n) is 10.5. The van der Waals surface area contributed by atoms with E-state index < -0.39 is 6.23 Å². The molecular formula is C24H26N4OS. The van der Waals surface area contributed by atoms with Crippen LogP contribution in [-0.4, -0.2) is 30.2 Å². The number of hydrogen-bond donors (Lipinski definition) is 1. The Morgan fingerprint density at radius 1 is 1.03 bits per heavy atom. The predicted octanol–water partition coefficient (Wildman–Crippen LogP) is 4.91. The van der Waals surface area contributed by atoms with Gasteiger partial charge in [-0.1, -0.05) is 59.8 Å². The van der Waals surface area contributed by atoms with Gasteiger partial charge in [-0.05, 0) is 44.2 Å². The van der Waals surface area contributed by atoms with E-state index >= 15 is 0 Å². The SMILES string of the molecule is Cc1ccc(-c2nnc(SCC(O)n3c4c(c5ccccc53)CCCC4)n2C)cc1. The van der Waals surface area contributed by atoms with Crippen molar-refractivity contribution in [3.8, 4) is 11.4 Å². The number of aliphatic hydroxyl groups is 1. The Bertz CT molecular complexity index is 1190. The molecule has 1 atom stereocenters. The Morgan fingerprint density at radius 2 is 1.80 bits per heavy atom. The van der Waals surface area contributed by atoms with Crippen LogP contribution in [0.4, 0.5) is 0 Å². The van der Waals surface area contributed by atoms with Gasteiger partial charge in [-0.2, -0.15) is 0 Å². The van der Waals surface area contributed by atoms with Crippen LogP contribution in [0.3, 0.4) is 0 Å². The Labute approximate surface area is 180 Å².